The van der Waals surface area contributed by atoms with E-state index in [1.807, 2.05) is 36.5 Å². The molecular weight excluding hydrogens is 278 g/mol. The van der Waals surface area contributed by atoms with Crippen molar-refractivity contribution in [3.05, 3.63) is 54.9 Å². The largest absolute Gasteiger partial charge is 0.486 e. The van der Waals surface area contributed by atoms with E-state index in [2.05, 4.69) is 4.98 Å². The van der Waals surface area contributed by atoms with Crippen LogP contribution in [0.4, 0.5) is 11.4 Å². The van der Waals surface area contributed by atoms with Crippen molar-refractivity contribution in [3.63, 3.8) is 0 Å². The minimum Gasteiger partial charge on any atom is -0.486 e. The second-order valence-corrected chi connectivity index (χ2v) is 4.85. The number of nitrogens with two attached hydrogens (primary N) is 2. The Kier molecular flexibility index (Phi) is 3.96. The summed E-state index contributed by atoms with van der Waals surface area (Å²) in [7, 11) is 0. The maximum absolute atomic E-state index is 5.73. The zero-order chi connectivity index (χ0) is 15.4. The molecule has 0 bridgehead atoms. The van der Waals surface area contributed by atoms with Gasteiger partial charge in [-0.3, -0.25) is 4.98 Å². The first-order valence-corrected chi connectivity index (χ1v) is 6.97. The zero-order valence-electron chi connectivity index (χ0n) is 12.0. The van der Waals surface area contributed by atoms with Crippen LogP contribution in [0.25, 0.3) is 10.8 Å². The van der Waals surface area contributed by atoms with Crippen LogP contribution in [-0.2, 0) is 0 Å². The second kappa shape index (κ2) is 6.22. The fourth-order valence-corrected chi connectivity index (χ4v) is 2.21. The van der Waals surface area contributed by atoms with Crippen molar-refractivity contribution in [2.45, 2.75) is 0 Å². The molecule has 0 fully saturated rings. The minimum atomic E-state index is 0.608. The molecule has 0 unspecified atom stereocenters. The first-order valence-electron chi connectivity index (χ1n) is 6.97. The van der Waals surface area contributed by atoms with Crippen molar-refractivity contribution in [1.82, 2.24) is 4.98 Å². The molecule has 0 saturated carbocycles. The molecule has 0 spiro atoms. The van der Waals surface area contributed by atoms with Gasteiger partial charge >= 0.3 is 0 Å². The minimum absolute atomic E-state index is 0.608. The number of pyridine rings is 1. The lowest BCUT2D eigenvalue weighted by Gasteiger charge is -2.17. The van der Waals surface area contributed by atoms with Gasteiger partial charge in [-0.25, -0.2) is 0 Å². The quantitative estimate of drug-likeness (QED) is 0.623. The predicted octanol–water partition coefficient (Wildman–Crippen LogP) is 2.86. The van der Waals surface area contributed by atoms with Gasteiger partial charge in [0.15, 0.2) is 11.5 Å². The Morgan fingerprint density at radius 2 is 1.73 bits per heavy atom. The summed E-state index contributed by atoms with van der Waals surface area (Å²) in [6.45, 7) is 1.23. The van der Waals surface area contributed by atoms with Crippen LogP contribution in [-0.4, -0.2) is 18.2 Å². The predicted molar refractivity (Wildman–Crippen MR) is 88.0 cm³/mol. The van der Waals surface area contributed by atoms with E-state index in [9.17, 15) is 0 Å². The highest BCUT2D eigenvalue weighted by atomic mass is 16.6. The van der Waals surface area contributed by atoms with Gasteiger partial charge in [-0.2, -0.15) is 0 Å². The normalized spacial score (nSPS) is 12.4. The monoisotopic (exact) mass is 295 g/mol. The summed E-state index contributed by atoms with van der Waals surface area (Å²) in [4.78, 5) is 4.00. The Balaban J connectivity index is 0.000000131. The van der Waals surface area contributed by atoms with Gasteiger partial charge in [0.2, 0.25) is 0 Å². The Bertz CT molecular complexity index is 784. The van der Waals surface area contributed by atoms with Gasteiger partial charge in [0.25, 0.3) is 0 Å². The number of hydrogen-bond donors (Lipinski definition) is 2. The van der Waals surface area contributed by atoms with Gasteiger partial charge in [-0.1, -0.05) is 12.1 Å². The van der Waals surface area contributed by atoms with Crippen LogP contribution in [0.1, 0.15) is 0 Å². The number of ether oxygens (including phenoxy) is 2. The molecule has 0 saturated heterocycles. The van der Waals surface area contributed by atoms with Crippen LogP contribution in [0.5, 0.6) is 11.5 Å². The summed E-state index contributed by atoms with van der Waals surface area (Å²) in [5, 5.41) is 2.16. The Morgan fingerprint density at radius 1 is 0.909 bits per heavy atom. The third-order valence-corrected chi connectivity index (χ3v) is 3.28. The fraction of sp³-hybridized carbons (Fsp3) is 0.118. The van der Waals surface area contributed by atoms with E-state index in [1.54, 1.807) is 18.3 Å². The van der Waals surface area contributed by atoms with E-state index in [0.717, 1.165) is 28.0 Å². The molecule has 3 aromatic rings. The average molecular weight is 295 g/mol. The number of benzene rings is 2. The van der Waals surface area contributed by atoms with E-state index in [4.69, 9.17) is 20.9 Å². The van der Waals surface area contributed by atoms with Crippen LogP contribution < -0.4 is 20.9 Å². The number of nitrogen functional groups attached to an aromatic ring is 2. The topological polar surface area (TPSA) is 83.4 Å². The zero-order valence-corrected chi connectivity index (χ0v) is 12.0. The highest BCUT2D eigenvalue weighted by Gasteiger charge is 2.09. The third-order valence-electron chi connectivity index (χ3n) is 3.28. The standard InChI is InChI=1S/C9H8N2.C8H9NO2/c10-9-3-1-2-7-6-11-5-4-8(7)9;9-6-1-2-7-8(5-6)11-4-3-10-7/h1-6H,10H2;1-2,5H,3-4,9H2. The van der Waals surface area contributed by atoms with Gasteiger partial charge in [0.1, 0.15) is 13.2 Å². The van der Waals surface area contributed by atoms with Gasteiger partial charge in [-0.05, 0) is 24.3 Å². The summed E-state index contributed by atoms with van der Waals surface area (Å²) in [5.41, 5.74) is 12.8. The molecule has 1 aliphatic rings. The summed E-state index contributed by atoms with van der Waals surface area (Å²) in [6, 6.07) is 13.1. The number of fused-ring (bicyclic) bond motifs is 2. The number of anilines is 2. The van der Waals surface area contributed by atoms with Gasteiger partial charge < -0.3 is 20.9 Å². The molecule has 2 aromatic carbocycles. The van der Waals surface area contributed by atoms with Crippen molar-refractivity contribution in [2.24, 2.45) is 0 Å². The Hall–Kier alpha value is -2.95. The van der Waals surface area contributed by atoms with Crippen molar-refractivity contribution >= 4 is 22.1 Å². The first-order chi connectivity index (χ1) is 10.7. The van der Waals surface area contributed by atoms with Crippen molar-refractivity contribution in [3.8, 4) is 11.5 Å². The number of aromatic nitrogens is 1. The molecule has 112 valence electrons. The lowest BCUT2D eigenvalue weighted by Crippen LogP contribution is -2.15. The second-order valence-electron chi connectivity index (χ2n) is 4.85. The van der Waals surface area contributed by atoms with Crippen LogP contribution >= 0.6 is 0 Å². The number of rotatable bonds is 0. The molecule has 5 heteroatoms. The van der Waals surface area contributed by atoms with Gasteiger partial charge in [0, 0.05) is 40.6 Å². The van der Waals surface area contributed by atoms with Crippen molar-refractivity contribution in [2.75, 3.05) is 24.7 Å². The molecule has 1 aliphatic heterocycles. The molecule has 0 radical (unpaired) electrons. The Labute approximate surface area is 128 Å². The molecular formula is C17H17N3O2. The molecule has 0 amide bonds. The molecule has 5 nitrogen and oxygen atoms in total. The van der Waals surface area contributed by atoms with Crippen molar-refractivity contribution < 1.29 is 9.47 Å². The SMILES string of the molecule is Nc1ccc2c(c1)OCCO2.Nc1cccc2cnccc12. The summed E-state index contributed by atoms with van der Waals surface area (Å²) in [6.07, 6.45) is 3.56. The molecule has 4 N–H and O–H groups in total. The van der Waals surface area contributed by atoms with Gasteiger partial charge in [-0.15, -0.1) is 0 Å². The summed E-state index contributed by atoms with van der Waals surface area (Å²) < 4.78 is 10.6. The summed E-state index contributed by atoms with van der Waals surface area (Å²) in [5.74, 6) is 1.53. The van der Waals surface area contributed by atoms with E-state index in [0.29, 0.717) is 18.9 Å². The van der Waals surface area contributed by atoms with Crippen molar-refractivity contribution in [1.29, 1.82) is 0 Å². The van der Waals surface area contributed by atoms with Crippen LogP contribution in [0.15, 0.2) is 54.9 Å². The highest BCUT2D eigenvalue weighted by Crippen LogP contribution is 2.31. The smallest absolute Gasteiger partial charge is 0.163 e. The van der Waals surface area contributed by atoms with E-state index in [1.165, 1.54) is 0 Å². The number of hydrogen-bond acceptors (Lipinski definition) is 5. The lowest BCUT2D eigenvalue weighted by atomic mass is 10.1. The summed E-state index contributed by atoms with van der Waals surface area (Å²) >= 11 is 0. The maximum Gasteiger partial charge on any atom is 0.163 e. The van der Waals surface area contributed by atoms with Crippen LogP contribution in [0.2, 0.25) is 0 Å². The Morgan fingerprint density at radius 3 is 2.55 bits per heavy atom. The van der Waals surface area contributed by atoms with Crippen LogP contribution in [0, 0.1) is 0 Å². The molecule has 0 aliphatic carbocycles. The van der Waals surface area contributed by atoms with E-state index < -0.39 is 0 Å². The molecule has 4 rings (SSSR count). The average Bonchev–Trinajstić information content (AvgIpc) is 2.56. The molecule has 22 heavy (non-hydrogen) atoms. The first kappa shape index (κ1) is 14.0. The third kappa shape index (κ3) is 3.03. The molecule has 0 atom stereocenters. The van der Waals surface area contributed by atoms with Gasteiger partial charge in [0.05, 0.1) is 0 Å². The fourth-order valence-electron chi connectivity index (χ4n) is 2.21. The number of nitrogens with zero attached hydrogens (tertiary/aromatic N) is 1. The van der Waals surface area contributed by atoms with E-state index in [-0.39, 0.29) is 0 Å². The highest BCUT2D eigenvalue weighted by molar-refractivity contribution is 5.91. The molecule has 1 aromatic heterocycles. The van der Waals surface area contributed by atoms with E-state index >= 15 is 0 Å². The maximum atomic E-state index is 5.73. The molecule has 2 heterocycles. The lowest BCUT2D eigenvalue weighted by molar-refractivity contribution is 0.171. The van der Waals surface area contributed by atoms with Crippen LogP contribution in [0.3, 0.4) is 0 Å².